The summed E-state index contributed by atoms with van der Waals surface area (Å²) in [5.74, 6) is 0. The van der Waals surface area contributed by atoms with E-state index in [4.69, 9.17) is 8.83 Å². The summed E-state index contributed by atoms with van der Waals surface area (Å²) >= 11 is 3.69. The first-order valence-corrected chi connectivity index (χ1v) is 28.7. The summed E-state index contributed by atoms with van der Waals surface area (Å²) in [6.45, 7) is 15.7. The average molecular weight is 1040 g/mol. The fourth-order valence-electron chi connectivity index (χ4n) is 12.3. The van der Waals surface area contributed by atoms with Gasteiger partial charge in [-0.15, -0.1) is 22.7 Å². The van der Waals surface area contributed by atoms with Gasteiger partial charge in [0.05, 0.1) is 22.7 Å². The van der Waals surface area contributed by atoms with E-state index in [2.05, 4.69) is 265 Å². The molecule has 6 heterocycles. The molecule has 78 heavy (non-hydrogen) atoms. The van der Waals surface area contributed by atoms with Crippen molar-refractivity contribution in [2.45, 2.75) is 59.3 Å². The van der Waals surface area contributed by atoms with Crippen molar-refractivity contribution in [2.24, 2.45) is 0 Å². The highest BCUT2D eigenvalue weighted by Gasteiger charge is 2.50. The lowest BCUT2D eigenvalue weighted by atomic mass is 9.37. The van der Waals surface area contributed by atoms with Gasteiger partial charge in [-0.2, -0.15) is 0 Å². The van der Waals surface area contributed by atoms with Gasteiger partial charge < -0.3 is 18.6 Å². The summed E-state index contributed by atoms with van der Waals surface area (Å²) in [5.41, 5.74) is 21.4. The molecule has 0 saturated heterocycles. The highest BCUT2D eigenvalue weighted by molar-refractivity contribution is 7.22. The summed E-state index contributed by atoms with van der Waals surface area (Å²) in [5, 5.41) is 4.68. The molecular weight excluding hydrogens is 988 g/mol. The molecule has 9 aromatic carbocycles. The van der Waals surface area contributed by atoms with Crippen LogP contribution in [0.15, 0.2) is 215 Å². The van der Waals surface area contributed by atoms with E-state index in [9.17, 15) is 0 Å². The molecule has 0 bridgehead atoms. The number of aryl methyl sites for hydroxylation is 1. The first-order valence-electron chi connectivity index (χ1n) is 27.1. The molecule has 0 spiro atoms. The van der Waals surface area contributed by atoms with Crippen LogP contribution in [0.3, 0.4) is 0 Å². The minimum Gasteiger partial charge on any atom is -0.468 e. The van der Waals surface area contributed by atoms with Crippen LogP contribution in [0.25, 0.3) is 85.2 Å². The van der Waals surface area contributed by atoms with Crippen molar-refractivity contribution in [3.05, 3.63) is 223 Å². The Kier molecular flexibility index (Phi) is 10.4. The zero-order valence-electron chi connectivity index (χ0n) is 44.7. The van der Waals surface area contributed by atoms with E-state index in [0.717, 1.165) is 101 Å². The summed E-state index contributed by atoms with van der Waals surface area (Å²) in [6, 6.07) is 76.6. The van der Waals surface area contributed by atoms with Crippen LogP contribution in [0, 0.1) is 6.92 Å². The van der Waals surface area contributed by atoms with Crippen LogP contribution in [-0.4, -0.2) is 6.71 Å². The predicted molar refractivity (Wildman–Crippen MR) is 335 cm³/mol. The Bertz CT molecular complexity index is 4210. The molecule has 2 aliphatic heterocycles. The number of hydrogen-bond acceptors (Lipinski definition) is 6. The highest BCUT2D eigenvalue weighted by atomic mass is 32.1. The molecule has 13 aromatic rings. The van der Waals surface area contributed by atoms with Gasteiger partial charge in [0.15, 0.2) is 0 Å². The van der Waals surface area contributed by atoms with Crippen molar-refractivity contribution in [1.29, 1.82) is 0 Å². The summed E-state index contributed by atoms with van der Waals surface area (Å²) in [6.07, 6.45) is 0. The molecule has 15 rings (SSSR count). The first-order chi connectivity index (χ1) is 37.8. The lowest BCUT2D eigenvalue weighted by molar-refractivity contribution is 0.590. The molecule has 7 heteroatoms. The lowest BCUT2D eigenvalue weighted by Gasteiger charge is -2.42. The van der Waals surface area contributed by atoms with E-state index in [1.165, 1.54) is 52.2 Å². The molecule has 0 radical (unpaired) electrons. The highest BCUT2D eigenvalue weighted by Crippen LogP contribution is 2.54. The molecule has 0 saturated carbocycles. The Hall–Kier alpha value is -8.36. The van der Waals surface area contributed by atoms with Gasteiger partial charge >= 0.3 is 6.71 Å². The van der Waals surface area contributed by atoms with Gasteiger partial charge in [0.1, 0.15) is 22.5 Å². The minimum absolute atomic E-state index is 0.106. The van der Waals surface area contributed by atoms with Gasteiger partial charge in [0.25, 0.3) is 0 Å². The number of thiophene rings is 2. The third-order valence-corrected chi connectivity index (χ3v) is 18.5. The molecule has 0 unspecified atom stereocenters. The Morgan fingerprint density at radius 3 is 1.24 bits per heavy atom. The van der Waals surface area contributed by atoms with Crippen LogP contribution in [0.2, 0.25) is 0 Å². The fourth-order valence-corrected chi connectivity index (χ4v) is 14.4. The SMILES string of the molecule is Cc1cc2c3c(c1)N(c1ccc(-c4cc5ccccc5s4)cc1-c1ccccc1)c1c(oc4ccc(C(C)(C)C)cc14)B3c1oc3ccc(C(C)(C)C)cc3c1N2c1ccc(-c2cc3ccccc3s2)cc1-c1ccccc1. The number of anilines is 6. The van der Waals surface area contributed by atoms with Crippen molar-refractivity contribution < 1.29 is 8.83 Å². The third-order valence-electron chi connectivity index (χ3n) is 16.2. The Morgan fingerprint density at radius 1 is 0.397 bits per heavy atom. The molecule has 2 aliphatic rings. The van der Waals surface area contributed by atoms with Crippen molar-refractivity contribution in [3.63, 3.8) is 0 Å². The van der Waals surface area contributed by atoms with E-state index < -0.39 is 0 Å². The molecule has 376 valence electrons. The molecule has 4 nitrogen and oxygen atoms in total. The monoisotopic (exact) mass is 1040 g/mol. The molecular formula is C71H55BN2O2S2. The first kappa shape index (κ1) is 46.9. The zero-order chi connectivity index (χ0) is 52.8. The molecule has 0 fully saturated rings. The number of hydrogen-bond donors (Lipinski definition) is 0. The Labute approximate surface area is 463 Å². The van der Waals surface area contributed by atoms with E-state index >= 15 is 0 Å². The molecule has 0 N–H and O–H groups in total. The van der Waals surface area contributed by atoms with Crippen molar-refractivity contribution in [2.75, 3.05) is 9.80 Å². The quantitative estimate of drug-likeness (QED) is 0.155. The van der Waals surface area contributed by atoms with Gasteiger partial charge in [0, 0.05) is 52.4 Å². The van der Waals surface area contributed by atoms with Gasteiger partial charge in [0.2, 0.25) is 0 Å². The van der Waals surface area contributed by atoms with Gasteiger partial charge in [-0.05, 0) is 158 Å². The van der Waals surface area contributed by atoms with E-state index in [1.807, 2.05) is 22.7 Å². The van der Waals surface area contributed by atoms with E-state index in [1.54, 1.807) is 0 Å². The number of fused-ring (bicyclic) bond motifs is 10. The van der Waals surface area contributed by atoms with Crippen LogP contribution in [0.5, 0.6) is 0 Å². The minimum atomic E-state index is -0.375. The summed E-state index contributed by atoms with van der Waals surface area (Å²) in [4.78, 5) is 7.57. The maximum atomic E-state index is 7.50. The van der Waals surface area contributed by atoms with Crippen molar-refractivity contribution in [1.82, 2.24) is 0 Å². The molecule has 0 aliphatic carbocycles. The van der Waals surface area contributed by atoms with Crippen molar-refractivity contribution >= 4 is 122 Å². The molecule has 0 atom stereocenters. The third kappa shape index (κ3) is 7.39. The van der Waals surface area contributed by atoms with Crippen LogP contribution < -0.4 is 26.6 Å². The second kappa shape index (κ2) is 17.3. The lowest BCUT2D eigenvalue weighted by Crippen LogP contribution is -2.60. The van der Waals surface area contributed by atoms with E-state index in [0.29, 0.717) is 0 Å². The maximum Gasteiger partial charge on any atom is 0.342 e. The number of benzene rings is 9. The maximum absolute atomic E-state index is 7.50. The van der Waals surface area contributed by atoms with Crippen LogP contribution >= 0.6 is 22.7 Å². The number of nitrogens with zero attached hydrogens (tertiary/aromatic N) is 2. The van der Waals surface area contributed by atoms with Crippen LogP contribution in [-0.2, 0) is 10.8 Å². The second-order valence-corrected chi connectivity index (χ2v) is 25.5. The standard InChI is InChI=1S/C71H55BN2O2S2/c1-42-34-57-65-58(35-42)74(56-31-27-48(37-52(56)44-20-12-9-13-21-44)64-39-46-23-15-17-25-62(46)78-64)67-54-41-50(71(5,6)7)29-33-60(54)76-69(67)72(65)68-66(53-40-49(70(2,3)4)28-32-59(53)75-68)73(57)55-30-26-47(36-51(55)43-18-10-8-11-19-43)63-38-45-22-14-16-24-61(45)77-63/h8-41H,1-7H3. The van der Waals surface area contributed by atoms with E-state index in [-0.39, 0.29) is 17.5 Å². The van der Waals surface area contributed by atoms with Gasteiger partial charge in [-0.25, -0.2) is 0 Å². The smallest absolute Gasteiger partial charge is 0.342 e. The largest absolute Gasteiger partial charge is 0.468 e. The molecule has 0 amide bonds. The van der Waals surface area contributed by atoms with Crippen LogP contribution in [0.4, 0.5) is 34.1 Å². The topological polar surface area (TPSA) is 32.8 Å². The second-order valence-electron chi connectivity index (χ2n) is 23.4. The van der Waals surface area contributed by atoms with Gasteiger partial charge in [-0.1, -0.05) is 163 Å². The molecule has 4 aromatic heterocycles. The summed E-state index contributed by atoms with van der Waals surface area (Å²) in [7, 11) is 0. The fraction of sp³-hybridized carbons (Fsp3) is 0.127. The van der Waals surface area contributed by atoms with Gasteiger partial charge in [-0.3, -0.25) is 0 Å². The summed E-state index contributed by atoms with van der Waals surface area (Å²) < 4.78 is 17.6. The normalized spacial score (nSPS) is 13.2. The van der Waals surface area contributed by atoms with Crippen LogP contribution in [0.1, 0.15) is 58.2 Å². The number of rotatable bonds is 6. The predicted octanol–water partition coefficient (Wildman–Crippen LogP) is 19.3. The van der Waals surface area contributed by atoms with Crippen molar-refractivity contribution in [3.8, 4) is 43.1 Å². The Morgan fingerprint density at radius 2 is 0.821 bits per heavy atom. The zero-order valence-corrected chi connectivity index (χ0v) is 46.4. The Balaban J connectivity index is 1.05. The number of furan rings is 2. The average Bonchev–Trinajstić information content (AvgIpc) is 3.34.